The van der Waals surface area contributed by atoms with Crippen LogP contribution in [0.1, 0.15) is 22.5 Å². The number of sulfonamides is 1. The maximum Gasteiger partial charge on any atom is 0.268 e. The van der Waals surface area contributed by atoms with Crippen molar-refractivity contribution in [3.8, 4) is 11.5 Å². The van der Waals surface area contributed by atoms with Gasteiger partial charge < -0.3 is 14.4 Å². The second kappa shape index (κ2) is 5.89. The molecule has 0 radical (unpaired) electrons. The van der Waals surface area contributed by atoms with Gasteiger partial charge in [-0.15, -0.1) is 11.3 Å². The van der Waals surface area contributed by atoms with E-state index < -0.39 is 10.0 Å². The molecule has 0 aliphatic carbocycles. The predicted octanol–water partition coefficient (Wildman–Crippen LogP) is 1.02. The number of ether oxygens (including phenoxy) is 2. The Morgan fingerprint density at radius 3 is 2.79 bits per heavy atom. The van der Waals surface area contributed by atoms with Crippen LogP contribution < -0.4 is 9.47 Å². The molecule has 132 valence electrons. The number of amides is 1. The molecular weight excluding hydrogens is 352 g/mol. The standard InChI is InChI=1S/C15H20N2O5S2/c1-24(19,20)16-6-10-2-3-11(8-16)17(7-10)15(18)14-13-12(9-23-14)21-4-5-22-13/h9-11H,2-8H2,1H3/t10-,11+/m0/s1. The number of fused-ring (bicyclic) bond motifs is 5. The van der Waals surface area contributed by atoms with Crippen molar-refractivity contribution in [2.24, 2.45) is 5.92 Å². The topological polar surface area (TPSA) is 76.2 Å². The number of piperidine rings is 1. The first kappa shape index (κ1) is 16.2. The van der Waals surface area contributed by atoms with Crippen molar-refractivity contribution in [1.82, 2.24) is 9.21 Å². The number of carbonyl (C=O) groups is 1. The summed E-state index contributed by atoms with van der Waals surface area (Å²) in [5.74, 6) is 1.29. The minimum absolute atomic E-state index is 0.0724. The van der Waals surface area contributed by atoms with Crippen LogP contribution in [0, 0.1) is 5.92 Å². The van der Waals surface area contributed by atoms with Gasteiger partial charge in [-0.25, -0.2) is 8.42 Å². The smallest absolute Gasteiger partial charge is 0.268 e. The van der Waals surface area contributed by atoms with E-state index in [2.05, 4.69) is 0 Å². The van der Waals surface area contributed by atoms with E-state index in [1.165, 1.54) is 21.9 Å². The number of hydrogen-bond donors (Lipinski definition) is 0. The van der Waals surface area contributed by atoms with E-state index in [1.54, 1.807) is 5.38 Å². The first-order valence-corrected chi connectivity index (χ1v) is 10.8. The van der Waals surface area contributed by atoms with Gasteiger partial charge in [-0.1, -0.05) is 0 Å². The summed E-state index contributed by atoms with van der Waals surface area (Å²) in [5, 5.41) is 1.81. The fourth-order valence-electron chi connectivity index (χ4n) is 3.70. The van der Waals surface area contributed by atoms with Crippen LogP contribution in [0.25, 0.3) is 0 Å². The maximum absolute atomic E-state index is 13.1. The van der Waals surface area contributed by atoms with Crippen molar-refractivity contribution in [3.63, 3.8) is 0 Å². The minimum Gasteiger partial charge on any atom is -0.485 e. The summed E-state index contributed by atoms with van der Waals surface area (Å²) in [6.07, 6.45) is 3.04. The summed E-state index contributed by atoms with van der Waals surface area (Å²) in [5.41, 5.74) is 0. The molecule has 1 amide bonds. The third kappa shape index (κ3) is 2.78. The molecule has 1 aromatic heterocycles. The van der Waals surface area contributed by atoms with Crippen LogP contribution in [0.5, 0.6) is 11.5 Å². The van der Waals surface area contributed by atoms with E-state index in [-0.39, 0.29) is 17.9 Å². The zero-order valence-corrected chi connectivity index (χ0v) is 15.1. The van der Waals surface area contributed by atoms with Crippen LogP contribution in [0.15, 0.2) is 5.38 Å². The van der Waals surface area contributed by atoms with Gasteiger partial charge in [0.1, 0.15) is 18.1 Å². The van der Waals surface area contributed by atoms with Gasteiger partial charge in [0.15, 0.2) is 11.5 Å². The third-order valence-electron chi connectivity index (χ3n) is 4.91. The molecule has 4 aliphatic rings. The molecule has 4 aliphatic heterocycles. The van der Waals surface area contributed by atoms with Gasteiger partial charge in [0.05, 0.1) is 6.26 Å². The fourth-order valence-corrected chi connectivity index (χ4v) is 5.51. The second-order valence-electron chi connectivity index (χ2n) is 6.59. The summed E-state index contributed by atoms with van der Waals surface area (Å²) in [4.78, 5) is 15.5. The molecule has 3 fully saturated rings. The first-order chi connectivity index (χ1) is 11.4. The van der Waals surface area contributed by atoms with E-state index in [9.17, 15) is 13.2 Å². The zero-order valence-electron chi connectivity index (χ0n) is 13.4. The van der Waals surface area contributed by atoms with E-state index in [1.807, 2.05) is 4.90 Å². The van der Waals surface area contributed by atoms with Crippen LogP contribution in [-0.4, -0.2) is 68.7 Å². The summed E-state index contributed by atoms with van der Waals surface area (Å²) < 4.78 is 36.5. The Kier molecular flexibility index (Phi) is 3.97. The van der Waals surface area contributed by atoms with Gasteiger partial charge >= 0.3 is 0 Å². The third-order valence-corrected chi connectivity index (χ3v) is 7.07. The van der Waals surface area contributed by atoms with Crippen molar-refractivity contribution < 1.29 is 22.7 Å². The highest BCUT2D eigenvalue weighted by Crippen LogP contribution is 2.41. The Balaban J connectivity index is 1.61. The van der Waals surface area contributed by atoms with Crippen molar-refractivity contribution in [3.05, 3.63) is 10.3 Å². The zero-order chi connectivity index (χ0) is 16.9. The molecule has 0 aromatic carbocycles. The van der Waals surface area contributed by atoms with Crippen LogP contribution in [0.3, 0.4) is 0 Å². The van der Waals surface area contributed by atoms with Crippen LogP contribution >= 0.6 is 11.3 Å². The summed E-state index contributed by atoms with van der Waals surface area (Å²) >= 11 is 1.33. The molecule has 5 heterocycles. The van der Waals surface area contributed by atoms with Gasteiger partial charge in [-0.05, 0) is 18.8 Å². The molecule has 5 rings (SSSR count). The van der Waals surface area contributed by atoms with Gasteiger partial charge in [0.25, 0.3) is 5.91 Å². The Hall–Kier alpha value is -1.32. The lowest BCUT2D eigenvalue weighted by molar-refractivity contribution is 0.0586. The summed E-state index contributed by atoms with van der Waals surface area (Å²) in [6.45, 7) is 2.42. The second-order valence-corrected chi connectivity index (χ2v) is 9.45. The monoisotopic (exact) mass is 372 g/mol. The fraction of sp³-hybridized carbons (Fsp3) is 0.667. The Bertz CT molecular complexity index is 760. The Morgan fingerprint density at radius 2 is 2.00 bits per heavy atom. The lowest BCUT2D eigenvalue weighted by Crippen LogP contribution is -2.47. The highest BCUT2D eigenvalue weighted by atomic mass is 32.2. The van der Waals surface area contributed by atoms with Crippen LogP contribution in [0.4, 0.5) is 0 Å². The largest absolute Gasteiger partial charge is 0.485 e. The van der Waals surface area contributed by atoms with E-state index in [4.69, 9.17) is 9.47 Å². The molecule has 0 N–H and O–H groups in total. The highest BCUT2D eigenvalue weighted by Gasteiger charge is 2.41. The Morgan fingerprint density at radius 1 is 1.21 bits per heavy atom. The normalized spacial score (nSPS) is 27.1. The Labute approximate surface area is 145 Å². The number of rotatable bonds is 2. The SMILES string of the molecule is CS(=O)(=O)N1C[C@@H]2CC[C@H](C1)N(C(=O)c1scc3c1OCCO3)C2. The highest BCUT2D eigenvalue weighted by molar-refractivity contribution is 7.88. The predicted molar refractivity (Wildman–Crippen MR) is 89.3 cm³/mol. The van der Waals surface area contributed by atoms with E-state index >= 15 is 0 Å². The lowest BCUT2D eigenvalue weighted by Gasteiger charge is -2.36. The molecule has 2 bridgehead atoms. The summed E-state index contributed by atoms with van der Waals surface area (Å²) in [7, 11) is -3.24. The van der Waals surface area contributed by atoms with E-state index in [0.29, 0.717) is 49.2 Å². The molecule has 9 heteroatoms. The lowest BCUT2D eigenvalue weighted by atomic mass is 9.95. The number of nitrogens with zero attached hydrogens (tertiary/aromatic N) is 2. The summed E-state index contributed by atoms with van der Waals surface area (Å²) in [6, 6.07) is -0.0757. The molecule has 0 unspecified atom stereocenters. The van der Waals surface area contributed by atoms with Crippen molar-refractivity contribution >= 4 is 27.3 Å². The maximum atomic E-state index is 13.1. The average molecular weight is 372 g/mol. The quantitative estimate of drug-likeness (QED) is 0.775. The van der Waals surface area contributed by atoms with Crippen molar-refractivity contribution in [1.29, 1.82) is 0 Å². The van der Waals surface area contributed by atoms with Crippen molar-refractivity contribution in [2.45, 2.75) is 18.9 Å². The molecule has 7 nitrogen and oxygen atoms in total. The molecule has 0 saturated carbocycles. The number of hydrogen-bond acceptors (Lipinski definition) is 6. The van der Waals surface area contributed by atoms with Gasteiger partial charge in [-0.3, -0.25) is 4.79 Å². The molecule has 3 saturated heterocycles. The number of thiophene rings is 1. The van der Waals surface area contributed by atoms with E-state index in [0.717, 1.165) is 12.8 Å². The van der Waals surface area contributed by atoms with Gasteiger partial charge in [-0.2, -0.15) is 4.31 Å². The van der Waals surface area contributed by atoms with Gasteiger partial charge in [0.2, 0.25) is 10.0 Å². The molecular formula is C15H20N2O5S2. The van der Waals surface area contributed by atoms with Crippen LogP contribution in [0.2, 0.25) is 0 Å². The molecule has 24 heavy (non-hydrogen) atoms. The average Bonchev–Trinajstić information content (AvgIpc) is 2.74. The van der Waals surface area contributed by atoms with Crippen LogP contribution in [-0.2, 0) is 10.0 Å². The van der Waals surface area contributed by atoms with Gasteiger partial charge in [0, 0.05) is 31.1 Å². The van der Waals surface area contributed by atoms with Crippen molar-refractivity contribution in [2.75, 3.05) is 39.1 Å². The molecule has 2 atom stereocenters. The first-order valence-electron chi connectivity index (χ1n) is 8.06. The minimum atomic E-state index is -3.24. The number of carbonyl (C=O) groups excluding carboxylic acids is 1. The molecule has 0 spiro atoms. The molecule has 1 aromatic rings.